The van der Waals surface area contributed by atoms with Crippen molar-refractivity contribution in [1.29, 1.82) is 0 Å². The average molecular weight is 533 g/mol. The first-order valence-electron chi connectivity index (χ1n) is 15.5. The molecule has 39 heavy (non-hydrogen) atoms. The minimum atomic E-state index is -0.314. The minimum Gasteiger partial charge on any atom is -0.358 e. The van der Waals surface area contributed by atoms with E-state index < -0.39 is 0 Å². The van der Waals surface area contributed by atoms with Crippen molar-refractivity contribution in [2.24, 2.45) is 28.6 Å². The highest BCUT2D eigenvalue weighted by molar-refractivity contribution is 5.92. The standard InChI is InChI=1S/C34H48N2O3/c1-32(2,3)24-10-8-22(9-11-24)23-14-18-39-30(19-23)35-31(38)36-21-26-27-7-6-15-33(27,4)16-13-28(26)34(5)17-12-25(37)20-29(34)36/h8-11,20,23,26-28,30H,6-7,12-19,21H2,1-5H3,(H,35,38)/t23?,26-,27-,28-,30?,33-,34+/m0/s1. The van der Waals surface area contributed by atoms with Crippen LogP contribution in [0.5, 0.6) is 0 Å². The number of carbonyl (C=O) groups excluding carboxylic acids is 2. The fourth-order valence-electron chi connectivity index (χ4n) is 9.16. The van der Waals surface area contributed by atoms with Crippen molar-refractivity contribution < 1.29 is 14.3 Å². The Morgan fingerprint density at radius 1 is 1.03 bits per heavy atom. The summed E-state index contributed by atoms with van der Waals surface area (Å²) in [5, 5.41) is 3.27. The number of hydrogen-bond acceptors (Lipinski definition) is 3. The smallest absolute Gasteiger partial charge is 0.323 e. The van der Waals surface area contributed by atoms with Crippen LogP contribution in [0, 0.1) is 28.6 Å². The highest BCUT2D eigenvalue weighted by Crippen LogP contribution is 2.64. The van der Waals surface area contributed by atoms with Crippen molar-refractivity contribution in [3.05, 3.63) is 47.2 Å². The number of urea groups is 1. The quantitative estimate of drug-likeness (QED) is 0.434. The summed E-state index contributed by atoms with van der Waals surface area (Å²) in [6.45, 7) is 12.9. The predicted octanol–water partition coefficient (Wildman–Crippen LogP) is 7.32. The van der Waals surface area contributed by atoms with Crippen LogP contribution in [0.1, 0.15) is 109 Å². The van der Waals surface area contributed by atoms with E-state index in [0.29, 0.717) is 42.1 Å². The summed E-state index contributed by atoms with van der Waals surface area (Å²) in [6.07, 6.45) is 11.1. The van der Waals surface area contributed by atoms with Crippen LogP contribution in [0.3, 0.4) is 0 Å². The molecule has 0 spiro atoms. The van der Waals surface area contributed by atoms with Gasteiger partial charge in [-0.05, 0) is 90.6 Å². The minimum absolute atomic E-state index is 0.0837. The van der Waals surface area contributed by atoms with Gasteiger partial charge in [0.25, 0.3) is 0 Å². The van der Waals surface area contributed by atoms with Crippen LogP contribution in [0.15, 0.2) is 36.0 Å². The third-order valence-electron chi connectivity index (χ3n) is 11.6. The molecule has 2 unspecified atom stereocenters. The van der Waals surface area contributed by atoms with Crippen LogP contribution in [-0.4, -0.2) is 36.1 Å². The van der Waals surface area contributed by atoms with E-state index in [1.807, 2.05) is 11.0 Å². The summed E-state index contributed by atoms with van der Waals surface area (Å²) < 4.78 is 6.10. The van der Waals surface area contributed by atoms with Gasteiger partial charge >= 0.3 is 6.03 Å². The second-order valence-electron chi connectivity index (χ2n) is 14.9. The number of likely N-dealkylation sites (tertiary alicyclic amines) is 1. The number of rotatable bonds is 2. The Bertz CT molecular complexity index is 1150. The maximum atomic E-state index is 14.0. The Morgan fingerprint density at radius 3 is 2.54 bits per heavy atom. The summed E-state index contributed by atoms with van der Waals surface area (Å²) in [5.74, 6) is 2.26. The third kappa shape index (κ3) is 4.77. The molecular formula is C34H48N2O3. The van der Waals surface area contributed by atoms with Crippen molar-refractivity contribution in [3.8, 4) is 0 Å². The number of ether oxygens (including phenoxy) is 1. The molecule has 2 heterocycles. The Labute approximate surface area is 235 Å². The molecule has 0 radical (unpaired) electrons. The van der Waals surface area contributed by atoms with Gasteiger partial charge in [0.1, 0.15) is 6.23 Å². The zero-order chi connectivity index (χ0) is 27.6. The number of ketones is 1. The summed E-state index contributed by atoms with van der Waals surface area (Å²) in [5.41, 5.74) is 4.06. The number of benzene rings is 1. The molecule has 5 heteroatoms. The molecule has 7 atom stereocenters. The first kappa shape index (κ1) is 27.1. The van der Waals surface area contributed by atoms with Crippen LogP contribution in [-0.2, 0) is 14.9 Å². The van der Waals surface area contributed by atoms with Gasteiger partial charge in [0.15, 0.2) is 5.78 Å². The molecular weight excluding hydrogens is 484 g/mol. The predicted molar refractivity (Wildman–Crippen MR) is 154 cm³/mol. The van der Waals surface area contributed by atoms with Crippen LogP contribution in [0.4, 0.5) is 4.79 Å². The lowest BCUT2D eigenvalue weighted by molar-refractivity contribution is -0.118. The molecule has 0 aromatic heterocycles. The molecule has 5 aliphatic rings. The van der Waals surface area contributed by atoms with Gasteiger partial charge in [-0.2, -0.15) is 0 Å². The Hall–Kier alpha value is -2.14. The van der Waals surface area contributed by atoms with Gasteiger partial charge in [-0.25, -0.2) is 4.79 Å². The van der Waals surface area contributed by atoms with Gasteiger partial charge in [-0.15, -0.1) is 0 Å². The van der Waals surface area contributed by atoms with Crippen LogP contribution < -0.4 is 5.32 Å². The van der Waals surface area contributed by atoms with E-state index in [-0.39, 0.29) is 28.9 Å². The lowest BCUT2D eigenvalue weighted by Gasteiger charge is -2.59. The van der Waals surface area contributed by atoms with E-state index in [4.69, 9.17) is 4.74 Å². The van der Waals surface area contributed by atoms with Crippen LogP contribution in [0.25, 0.3) is 0 Å². The molecule has 5 nitrogen and oxygen atoms in total. The van der Waals surface area contributed by atoms with Gasteiger partial charge in [0.05, 0.1) is 0 Å². The summed E-state index contributed by atoms with van der Waals surface area (Å²) in [7, 11) is 0. The van der Waals surface area contributed by atoms with E-state index in [1.54, 1.807) is 0 Å². The van der Waals surface area contributed by atoms with Crippen molar-refractivity contribution in [1.82, 2.24) is 10.2 Å². The van der Waals surface area contributed by atoms with E-state index in [2.05, 4.69) is 64.2 Å². The number of piperidine rings is 1. The molecule has 2 saturated carbocycles. The SMILES string of the molecule is CC(C)(C)c1ccc(C2CCOC(NC(=O)N3C[C@H]4[C@@H]5CCC[C@@]5(C)CC[C@@H]4[C@@]4(C)CCC(=O)C=C34)C2)cc1. The highest BCUT2D eigenvalue weighted by atomic mass is 16.5. The molecule has 2 aliphatic heterocycles. The molecule has 0 bridgehead atoms. The Balaban J connectivity index is 1.21. The van der Waals surface area contributed by atoms with Gasteiger partial charge in [-0.1, -0.05) is 65.3 Å². The second kappa shape index (κ2) is 9.75. The van der Waals surface area contributed by atoms with Gasteiger partial charge in [0.2, 0.25) is 0 Å². The molecule has 1 aromatic carbocycles. The monoisotopic (exact) mass is 532 g/mol. The molecule has 3 aliphatic carbocycles. The number of fused-ring (bicyclic) bond motifs is 5. The lowest BCUT2D eigenvalue weighted by Crippen LogP contribution is -2.60. The summed E-state index contributed by atoms with van der Waals surface area (Å²) in [6, 6.07) is 8.92. The van der Waals surface area contributed by atoms with Gasteiger partial charge < -0.3 is 10.1 Å². The highest BCUT2D eigenvalue weighted by Gasteiger charge is 2.59. The number of allylic oxidation sites excluding steroid dienone is 2. The van der Waals surface area contributed by atoms with Crippen molar-refractivity contribution >= 4 is 11.8 Å². The maximum absolute atomic E-state index is 14.0. The number of carbonyl (C=O) groups is 2. The molecule has 2 saturated heterocycles. The van der Waals surface area contributed by atoms with Gasteiger partial charge in [0, 0.05) is 36.8 Å². The van der Waals surface area contributed by atoms with E-state index in [1.165, 1.54) is 43.2 Å². The number of nitrogens with zero attached hydrogens (tertiary/aromatic N) is 1. The molecule has 1 aromatic rings. The Kier molecular flexibility index (Phi) is 6.76. The van der Waals surface area contributed by atoms with Crippen molar-refractivity contribution in [3.63, 3.8) is 0 Å². The van der Waals surface area contributed by atoms with Crippen LogP contribution >= 0.6 is 0 Å². The van der Waals surface area contributed by atoms with E-state index in [0.717, 1.165) is 31.5 Å². The summed E-state index contributed by atoms with van der Waals surface area (Å²) in [4.78, 5) is 28.6. The summed E-state index contributed by atoms with van der Waals surface area (Å²) >= 11 is 0. The molecule has 4 fully saturated rings. The zero-order valence-corrected chi connectivity index (χ0v) is 24.7. The average Bonchev–Trinajstić information content (AvgIpc) is 3.30. The second-order valence-corrected chi connectivity index (χ2v) is 14.9. The molecule has 212 valence electrons. The maximum Gasteiger partial charge on any atom is 0.323 e. The van der Waals surface area contributed by atoms with Crippen LogP contribution in [0.2, 0.25) is 0 Å². The van der Waals surface area contributed by atoms with Crippen molar-refractivity contribution in [2.45, 2.75) is 110 Å². The molecule has 1 N–H and O–H groups in total. The van der Waals surface area contributed by atoms with E-state index in [9.17, 15) is 9.59 Å². The number of hydrogen-bond donors (Lipinski definition) is 1. The number of nitrogens with one attached hydrogen (secondary N) is 1. The fraction of sp³-hybridized carbons (Fsp3) is 0.706. The normalized spacial score (nSPS) is 38.4. The lowest BCUT2D eigenvalue weighted by atomic mass is 9.50. The zero-order valence-electron chi connectivity index (χ0n) is 24.7. The first-order valence-corrected chi connectivity index (χ1v) is 15.5. The number of amides is 2. The van der Waals surface area contributed by atoms with E-state index >= 15 is 0 Å². The Morgan fingerprint density at radius 2 is 1.79 bits per heavy atom. The largest absolute Gasteiger partial charge is 0.358 e. The van der Waals surface area contributed by atoms with Gasteiger partial charge in [-0.3, -0.25) is 9.69 Å². The van der Waals surface area contributed by atoms with Crippen molar-refractivity contribution in [2.75, 3.05) is 13.2 Å². The fourth-order valence-corrected chi connectivity index (χ4v) is 9.16. The molecule has 2 amide bonds. The first-order chi connectivity index (χ1) is 18.5. The third-order valence-corrected chi connectivity index (χ3v) is 11.6. The topological polar surface area (TPSA) is 58.6 Å². The molecule has 6 rings (SSSR count).